The number of hydrogen-bond acceptors (Lipinski definition) is 3. The van der Waals surface area contributed by atoms with Gasteiger partial charge >= 0.3 is 0 Å². The zero-order valence-electron chi connectivity index (χ0n) is 14.1. The van der Waals surface area contributed by atoms with Gasteiger partial charge in [-0.15, -0.1) is 0 Å². The normalized spacial score (nSPS) is 11.3. The van der Waals surface area contributed by atoms with Crippen molar-refractivity contribution < 1.29 is 9.59 Å². The molecular formula is C19H17Cl2N3O2. The number of rotatable bonds is 6. The molecule has 7 heteroatoms. The van der Waals surface area contributed by atoms with Gasteiger partial charge in [-0.2, -0.15) is 5.26 Å². The Hall–Kier alpha value is -2.55. The molecule has 2 aromatic rings. The summed E-state index contributed by atoms with van der Waals surface area (Å²) in [4.78, 5) is 24.9. The topological polar surface area (TPSA) is 82.0 Å². The summed E-state index contributed by atoms with van der Waals surface area (Å²) >= 11 is 11.9. The Bertz CT molecular complexity index is 862. The molecule has 5 nitrogen and oxygen atoms in total. The molecular weight excluding hydrogens is 373 g/mol. The first-order valence-corrected chi connectivity index (χ1v) is 8.62. The zero-order valence-corrected chi connectivity index (χ0v) is 15.6. The van der Waals surface area contributed by atoms with Crippen molar-refractivity contribution in [2.75, 3.05) is 6.54 Å². The van der Waals surface area contributed by atoms with E-state index in [2.05, 4.69) is 10.6 Å². The smallest absolute Gasteiger partial charge is 0.253 e. The molecule has 0 saturated heterocycles. The average Bonchev–Trinajstić information content (AvgIpc) is 2.59. The first-order chi connectivity index (χ1) is 12.4. The number of carbonyl (C=O) groups is 2. The Kier molecular flexibility index (Phi) is 7.02. The van der Waals surface area contributed by atoms with Gasteiger partial charge in [0.15, 0.2) is 0 Å². The average molecular weight is 390 g/mol. The Morgan fingerprint density at radius 1 is 1.19 bits per heavy atom. The second-order valence-electron chi connectivity index (χ2n) is 5.72. The SMILES string of the molecule is Cc1cccc(C[C@H](NC(=O)c2ccc(Cl)cc2Cl)C(=O)NCC#N)c1. The fourth-order valence-electron chi connectivity index (χ4n) is 2.44. The van der Waals surface area contributed by atoms with Crippen LogP contribution in [0.2, 0.25) is 10.0 Å². The lowest BCUT2D eigenvalue weighted by Crippen LogP contribution is -2.48. The number of nitriles is 1. The summed E-state index contributed by atoms with van der Waals surface area (Å²) in [5, 5.41) is 14.4. The maximum absolute atomic E-state index is 12.5. The monoisotopic (exact) mass is 389 g/mol. The van der Waals surface area contributed by atoms with Crippen LogP contribution >= 0.6 is 23.2 Å². The minimum absolute atomic E-state index is 0.138. The van der Waals surface area contributed by atoms with Crippen molar-refractivity contribution in [3.63, 3.8) is 0 Å². The molecule has 1 atom stereocenters. The van der Waals surface area contributed by atoms with Gasteiger partial charge in [0.25, 0.3) is 5.91 Å². The molecule has 2 N–H and O–H groups in total. The second-order valence-corrected chi connectivity index (χ2v) is 6.56. The molecule has 26 heavy (non-hydrogen) atoms. The molecule has 0 heterocycles. The predicted molar refractivity (Wildman–Crippen MR) is 101 cm³/mol. The van der Waals surface area contributed by atoms with E-state index in [0.717, 1.165) is 11.1 Å². The minimum Gasteiger partial charge on any atom is -0.341 e. The molecule has 0 bridgehead atoms. The molecule has 0 saturated carbocycles. The second kappa shape index (κ2) is 9.23. The fraction of sp³-hybridized carbons (Fsp3) is 0.211. The van der Waals surface area contributed by atoms with Crippen molar-refractivity contribution in [1.82, 2.24) is 10.6 Å². The summed E-state index contributed by atoms with van der Waals surface area (Å²) in [5.74, 6) is -0.928. The van der Waals surface area contributed by atoms with Crippen LogP contribution in [0.25, 0.3) is 0 Å². The van der Waals surface area contributed by atoms with Gasteiger partial charge in [-0.3, -0.25) is 9.59 Å². The number of hydrogen-bond donors (Lipinski definition) is 2. The van der Waals surface area contributed by atoms with E-state index < -0.39 is 17.9 Å². The predicted octanol–water partition coefficient (Wildman–Crippen LogP) is 3.28. The molecule has 0 radical (unpaired) electrons. The Balaban J connectivity index is 2.21. The van der Waals surface area contributed by atoms with Gasteiger partial charge in [-0.05, 0) is 30.7 Å². The fourth-order valence-corrected chi connectivity index (χ4v) is 2.94. The number of benzene rings is 2. The third-order valence-corrected chi connectivity index (χ3v) is 4.21. The summed E-state index contributed by atoms with van der Waals surface area (Å²) in [5.41, 5.74) is 2.16. The lowest BCUT2D eigenvalue weighted by molar-refractivity contribution is -0.122. The van der Waals surface area contributed by atoms with Crippen LogP contribution in [-0.2, 0) is 11.2 Å². The highest BCUT2D eigenvalue weighted by atomic mass is 35.5. The van der Waals surface area contributed by atoms with Crippen LogP contribution in [0.15, 0.2) is 42.5 Å². The van der Waals surface area contributed by atoms with E-state index in [9.17, 15) is 9.59 Å². The number of carbonyl (C=O) groups excluding carboxylic acids is 2. The number of nitrogens with one attached hydrogen (secondary N) is 2. The molecule has 0 fully saturated rings. The standard InChI is InChI=1S/C19H17Cl2N3O2/c1-12-3-2-4-13(9-12)10-17(19(26)23-8-7-22)24-18(25)15-6-5-14(20)11-16(15)21/h2-6,9,11,17H,8,10H2,1H3,(H,23,26)(H,24,25)/t17-/m0/s1. The summed E-state index contributed by atoms with van der Waals surface area (Å²) in [6.45, 7) is 1.81. The summed E-state index contributed by atoms with van der Waals surface area (Å²) < 4.78 is 0. The zero-order chi connectivity index (χ0) is 19.1. The third-order valence-electron chi connectivity index (χ3n) is 3.66. The van der Waals surface area contributed by atoms with Crippen molar-refractivity contribution in [3.05, 3.63) is 69.2 Å². The molecule has 0 aliphatic carbocycles. The molecule has 2 aromatic carbocycles. The summed E-state index contributed by atoms with van der Waals surface area (Å²) in [6, 6.07) is 13.1. The van der Waals surface area contributed by atoms with Crippen molar-refractivity contribution in [2.45, 2.75) is 19.4 Å². The molecule has 134 valence electrons. The first kappa shape index (κ1) is 19.8. The van der Waals surface area contributed by atoms with E-state index in [4.69, 9.17) is 28.5 Å². The van der Waals surface area contributed by atoms with Gasteiger partial charge < -0.3 is 10.6 Å². The third kappa shape index (κ3) is 5.48. The number of aryl methyl sites for hydroxylation is 1. The lowest BCUT2D eigenvalue weighted by atomic mass is 10.0. The van der Waals surface area contributed by atoms with E-state index in [1.165, 1.54) is 12.1 Å². The lowest BCUT2D eigenvalue weighted by Gasteiger charge is -2.18. The van der Waals surface area contributed by atoms with Crippen molar-refractivity contribution >= 4 is 35.0 Å². The van der Waals surface area contributed by atoms with Crippen LogP contribution in [-0.4, -0.2) is 24.4 Å². The van der Waals surface area contributed by atoms with Gasteiger partial charge in [0.05, 0.1) is 16.7 Å². The summed E-state index contributed by atoms with van der Waals surface area (Å²) in [7, 11) is 0. The van der Waals surface area contributed by atoms with Crippen LogP contribution in [0, 0.1) is 18.3 Å². The molecule has 2 amide bonds. The van der Waals surface area contributed by atoms with E-state index in [0.29, 0.717) is 5.02 Å². The highest BCUT2D eigenvalue weighted by Gasteiger charge is 2.23. The van der Waals surface area contributed by atoms with E-state index >= 15 is 0 Å². The first-order valence-electron chi connectivity index (χ1n) is 7.87. The van der Waals surface area contributed by atoms with E-state index in [1.54, 1.807) is 6.07 Å². The number of halogens is 2. The number of nitrogens with zero attached hydrogens (tertiary/aromatic N) is 1. The molecule has 0 aromatic heterocycles. The minimum atomic E-state index is -0.843. The van der Waals surface area contributed by atoms with Gasteiger partial charge in [-0.1, -0.05) is 53.0 Å². The van der Waals surface area contributed by atoms with Crippen LogP contribution in [0.5, 0.6) is 0 Å². The molecule has 0 unspecified atom stereocenters. The van der Waals surface area contributed by atoms with Crippen molar-refractivity contribution in [1.29, 1.82) is 5.26 Å². The Labute approximate surface area is 161 Å². The van der Waals surface area contributed by atoms with Gasteiger partial charge in [0.1, 0.15) is 12.6 Å². The van der Waals surface area contributed by atoms with E-state index in [-0.39, 0.29) is 23.6 Å². The molecule has 0 aliphatic rings. The van der Waals surface area contributed by atoms with Gasteiger partial charge in [0, 0.05) is 11.4 Å². The Morgan fingerprint density at radius 3 is 2.62 bits per heavy atom. The largest absolute Gasteiger partial charge is 0.341 e. The van der Waals surface area contributed by atoms with Crippen LogP contribution in [0.3, 0.4) is 0 Å². The van der Waals surface area contributed by atoms with Crippen LogP contribution in [0.4, 0.5) is 0 Å². The van der Waals surface area contributed by atoms with E-state index in [1.807, 2.05) is 37.3 Å². The highest BCUT2D eigenvalue weighted by molar-refractivity contribution is 6.36. The molecule has 0 spiro atoms. The maximum Gasteiger partial charge on any atom is 0.253 e. The van der Waals surface area contributed by atoms with Crippen LogP contribution < -0.4 is 10.6 Å². The van der Waals surface area contributed by atoms with Crippen molar-refractivity contribution in [2.24, 2.45) is 0 Å². The van der Waals surface area contributed by atoms with Gasteiger partial charge in [0.2, 0.25) is 5.91 Å². The Morgan fingerprint density at radius 2 is 1.96 bits per heavy atom. The van der Waals surface area contributed by atoms with Gasteiger partial charge in [-0.25, -0.2) is 0 Å². The summed E-state index contributed by atoms with van der Waals surface area (Å²) in [6.07, 6.45) is 0.288. The van der Waals surface area contributed by atoms with Crippen molar-refractivity contribution in [3.8, 4) is 6.07 Å². The molecule has 0 aliphatic heterocycles. The quantitative estimate of drug-likeness (QED) is 0.743. The maximum atomic E-state index is 12.5. The highest BCUT2D eigenvalue weighted by Crippen LogP contribution is 2.21. The van der Waals surface area contributed by atoms with Crippen LogP contribution in [0.1, 0.15) is 21.5 Å². The molecule has 2 rings (SSSR count). The number of amides is 2.